The molecule has 0 fully saturated rings. The van der Waals surface area contributed by atoms with Crippen LogP contribution in [0.15, 0.2) is 22.7 Å². The van der Waals surface area contributed by atoms with Crippen LogP contribution >= 0.6 is 15.9 Å². The second kappa shape index (κ2) is 6.91. The summed E-state index contributed by atoms with van der Waals surface area (Å²) in [5, 5.41) is 12.3. The van der Waals surface area contributed by atoms with Gasteiger partial charge in [0, 0.05) is 22.7 Å². The number of hydrogen-bond acceptors (Lipinski definition) is 2. The number of hydrogen-bond donors (Lipinski definition) is 2. The summed E-state index contributed by atoms with van der Waals surface area (Å²) in [4.78, 5) is 13.8. The van der Waals surface area contributed by atoms with Crippen LogP contribution in [0, 0.1) is 6.92 Å². The van der Waals surface area contributed by atoms with Crippen LogP contribution in [0.4, 0.5) is 10.5 Å². The van der Waals surface area contributed by atoms with Crippen LogP contribution in [-0.2, 0) is 0 Å². The minimum atomic E-state index is -0.544. The molecule has 0 bridgehead atoms. The average molecular weight is 329 g/mol. The molecule has 1 atom stereocenters. The minimum absolute atomic E-state index is 0.0310. The number of aliphatic hydroxyl groups excluding tert-OH is 1. The van der Waals surface area contributed by atoms with Gasteiger partial charge in [-0.3, -0.25) is 0 Å². The molecule has 0 aliphatic heterocycles. The van der Waals surface area contributed by atoms with Crippen LogP contribution in [0.1, 0.15) is 26.3 Å². The number of anilines is 1. The third kappa shape index (κ3) is 4.84. The van der Waals surface area contributed by atoms with Crippen molar-refractivity contribution in [2.24, 2.45) is 0 Å². The molecule has 0 radical (unpaired) electrons. The summed E-state index contributed by atoms with van der Waals surface area (Å²) in [5.74, 6) is 0. The number of halogens is 1. The molecule has 1 rings (SSSR count). The van der Waals surface area contributed by atoms with E-state index in [1.807, 2.05) is 39.0 Å². The highest BCUT2D eigenvalue weighted by Crippen LogP contribution is 2.21. The Hall–Kier alpha value is -1.07. The Morgan fingerprint density at radius 3 is 2.53 bits per heavy atom. The molecule has 0 aliphatic carbocycles. The van der Waals surface area contributed by atoms with Gasteiger partial charge in [0.25, 0.3) is 0 Å². The fourth-order valence-electron chi connectivity index (χ4n) is 1.68. The second-order valence-corrected chi connectivity index (χ2v) is 5.84. The summed E-state index contributed by atoms with van der Waals surface area (Å²) in [5.41, 5.74) is 1.85. The summed E-state index contributed by atoms with van der Waals surface area (Å²) in [6, 6.07) is 5.50. The van der Waals surface area contributed by atoms with Crippen molar-refractivity contribution in [3.8, 4) is 0 Å². The van der Waals surface area contributed by atoms with Gasteiger partial charge >= 0.3 is 6.03 Å². The zero-order valence-electron chi connectivity index (χ0n) is 11.8. The number of nitrogens with one attached hydrogen (secondary N) is 1. The number of aliphatic hydroxyl groups is 1. The van der Waals surface area contributed by atoms with Crippen molar-refractivity contribution in [3.05, 3.63) is 28.2 Å². The molecule has 0 saturated heterocycles. The highest BCUT2D eigenvalue weighted by atomic mass is 79.9. The molecule has 2 amide bonds. The second-order valence-electron chi connectivity index (χ2n) is 4.99. The number of rotatable bonds is 4. The Bertz CT molecular complexity index is 447. The van der Waals surface area contributed by atoms with Crippen molar-refractivity contribution in [1.29, 1.82) is 0 Å². The molecule has 106 valence electrons. The van der Waals surface area contributed by atoms with E-state index in [1.54, 1.807) is 11.8 Å². The standard InChI is InChI=1S/C14H21BrN2O2/c1-9(2)17(8-11(4)18)14(19)16-12-6-5-10(3)13(15)7-12/h5-7,9,11,18H,8H2,1-4H3,(H,16,19). The summed E-state index contributed by atoms with van der Waals surface area (Å²) in [6.45, 7) is 7.82. The van der Waals surface area contributed by atoms with E-state index in [1.165, 1.54) is 0 Å². The van der Waals surface area contributed by atoms with Crippen LogP contribution in [0.25, 0.3) is 0 Å². The minimum Gasteiger partial charge on any atom is -0.392 e. The molecule has 0 aromatic heterocycles. The van der Waals surface area contributed by atoms with Crippen LogP contribution in [0.5, 0.6) is 0 Å². The maximum absolute atomic E-state index is 12.2. The van der Waals surface area contributed by atoms with Gasteiger partial charge in [0.05, 0.1) is 6.10 Å². The summed E-state index contributed by atoms with van der Waals surface area (Å²) in [6.07, 6.45) is -0.544. The Balaban J connectivity index is 2.78. The monoisotopic (exact) mass is 328 g/mol. The van der Waals surface area contributed by atoms with Gasteiger partial charge in [-0.05, 0) is 45.4 Å². The van der Waals surface area contributed by atoms with Gasteiger partial charge in [-0.25, -0.2) is 4.79 Å². The Kier molecular flexibility index (Phi) is 5.82. The molecular formula is C14H21BrN2O2. The number of benzene rings is 1. The molecule has 1 aromatic carbocycles. The first-order valence-corrected chi connectivity index (χ1v) is 7.12. The largest absolute Gasteiger partial charge is 0.392 e. The fourth-order valence-corrected chi connectivity index (χ4v) is 2.06. The van der Waals surface area contributed by atoms with Crippen molar-refractivity contribution >= 4 is 27.6 Å². The summed E-state index contributed by atoms with van der Waals surface area (Å²) in [7, 11) is 0. The number of carbonyl (C=O) groups is 1. The number of carbonyl (C=O) groups excluding carboxylic acids is 1. The van der Waals surface area contributed by atoms with E-state index in [0.29, 0.717) is 6.54 Å². The molecule has 19 heavy (non-hydrogen) atoms. The molecule has 2 N–H and O–H groups in total. The lowest BCUT2D eigenvalue weighted by molar-refractivity contribution is 0.125. The molecule has 0 aliphatic rings. The van der Waals surface area contributed by atoms with Gasteiger partial charge in [0.2, 0.25) is 0 Å². The first-order chi connectivity index (χ1) is 8.81. The van der Waals surface area contributed by atoms with Crippen molar-refractivity contribution in [2.45, 2.75) is 39.8 Å². The molecule has 0 saturated carbocycles. The predicted molar refractivity (Wildman–Crippen MR) is 81.4 cm³/mol. The quantitative estimate of drug-likeness (QED) is 0.890. The van der Waals surface area contributed by atoms with Crippen molar-refractivity contribution in [2.75, 3.05) is 11.9 Å². The average Bonchev–Trinajstić information content (AvgIpc) is 2.30. The van der Waals surface area contributed by atoms with Gasteiger partial charge < -0.3 is 15.3 Å². The number of amides is 2. The molecule has 4 nitrogen and oxygen atoms in total. The first kappa shape index (κ1) is 16.0. The summed E-state index contributed by atoms with van der Waals surface area (Å²) >= 11 is 3.44. The normalized spacial score (nSPS) is 12.4. The third-order valence-electron chi connectivity index (χ3n) is 2.77. The highest BCUT2D eigenvalue weighted by Gasteiger charge is 2.18. The van der Waals surface area contributed by atoms with E-state index in [4.69, 9.17) is 0 Å². The van der Waals surface area contributed by atoms with Crippen LogP contribution in [-0.4, -0.2) is 34.7 Å². The van der Waals surface area contributed by atoms with Crippen molar-refractivity contribution < 1.29 is 9.90 Å². The Labute approximate surface area is 122 Å². The van der Waals surface area contributed by atoms with E-state index < -0.39 is 6.10 Å². The van der Waals surface area contributed by atoms with Gasteiger partial charge in [-0.15, -0.1) is 0 Å². The van der Waals surface area contributed by atoms with E-state index in [0.717, 1.165) is 15.7 Å². The Morgan fingerprint density at radius 2 is 2.05 bits per heavy atom. The summed E-state index contributed by atoms with van der Waals surface area (Å²) < 4.78 is 0.955. The lowest BCUT2D eigenvalue weighted by Gasteiger charge is -2.28. The zero-order chi connectivity index (χ0) is 14.6. The Morgan fingerprint density at radius 1 is 1.42 bits per heavy atom. The lowest BCUT2D eigenvalue weighted by Crippen LogP contribution is -2.43. The SMILES string of the molecule is Cc1ccc(NC(=O)N(CC(C)O)C(C)C)cc1Br. The van der Waals surface area contributed by atoms with Crippen LogP contribution in [0.2, 0.25) is 0 Å². The molecule has 1 aromatic rings. The molecule has 0 heterocycles. The topological polar surface area (TPSA) is 52.6 Å². The fraction of sp³-hybridized carbons (Fsp3) is 0.500. The van der Waals surface area contributed by atoms with Gasteiger partial charge in [0.1, 0.15) is 0 Å². The van der Waals surface area contributed by atoms with Gasteiger partial charge in [-0.2, -0.15) is 0 Å². The van der Waals surface area contributed by atoms with E-state index in [-0.39, 0.29) is 12.1 Å². The van der Waals surface area contributed by atoms with Crippen molar-refractivity contribution in [3.63, 3.8) is 0 Å². The molecular weight excluding hydrogens is 308 g/mol. The van der Waals surface area contributed by atoms with Crippen LogP contribution in [0.3, 0.4) is 0 Å². The van der Waals surface area contributed by atoms with E-state index in [9.17, 15) is 9.90 Å². The highest BCUT2D eigenvalue weighted by molar-refractivity contribution is 9.10. The third-order valence-corrected chi connectivity index (χ3v) is 3.62. The predicted octanol–water partition coefficient (Wildman–Crippen LogP) is 3.38. The van der Waals surface area contributed by atoms with E-state index in [2.05, 4.69) is 21.2 Å². The molecule has 5 heteroatoms. The van der Waals surface area contributed by atoms with Gasteiger partial charge in [0.15, 0.2) is 0 Å². The number of nitrogens with zero attached hydrogens (tertiary/aromatic N) is 1. The number of urea groups is 1. The van der Waals surface area contributed by atoms with E-state index >= 15 is 0 Å². The molecule has 1 unspecified atom stereocenters. The van der Waals surface area contributed by atoms with Crippen LogP contribution < -0.4 is 5.32 Å². The zero-order valence-corrected chi connectivity index (χ0v) is 13.4. The lowest BCUT2D eigenvalue weighted by atomic mass is 10.2. The first-order valence-electron chi connectivity index (χ1n) is 6.33. The molecule has 0 spiro atoms. The van der Waals surface area contributed by atoms with Crippen molar-refractivity contribution in [1.82, 2.24) is 4.90 Å². The smallest absolute Gasteiger partial charge is 0.322 e. The van der Waals surface area contributed by atoms with Gasteiger partial charge in [-0.1, -0.05) is 22.0 Å². The maximum Gasteiger partial charge on any atom is 0.322 e. The number of aryl methyl sites for hydroxylation is 1. The maximum atomic E-state index is 12.2.